The first kappa shape index (κ1) is 24.9. The van der Waals surface area contributed by atoms with Gasteiger partial charge in [-0.1, -0.05) is 54.6 Å². The van der Waals surface area contributed by atoms with Crippen molar-refractivity contribution >= 4 is 33.7 Å². The Morgan fingerprint density at radius 1 is 0.842 bits per heavy atom. The van der Waals surface area contributed by atoms with Gasteiger partial charge in [0.15, 0.2) is 6.61 Å². The van der Waals surface area contributed by atoms with Gasteiger partial charge in [0, 0.05) is 17.5 Å². The third-order valence-corrected chi connectivity index (χ3v) is 6.33. The van der Waals surface area contributed by atoms with Gasteiger partial charge in [-0.2, -0.15) is 13.2 Å². The lowest BCUT2D eigenvalue weighted by molar-refractivity contribution is -0.139. The molecule has 5 aromatic rings. The molecule has 0 radical (unpaired) electrons. The van der Waals surface area contributed by atoms with E-state index in [9.17, 15) is 27.9 Å². The molecule has 5 rings (SSSR count). The number of aromatic nitrogens is 1. The molecule has 1 amide bonds. The number of carbonyl (C=O) groups is 2. The maximum atomic E-state index is 13.9. The molecular formula is C29H21F3N2O4. The van der Waals surface area contributed by atoms with Gasteiger partial charge in [-0.25, -0.2) is 4.79 Å². The highest BCUT2D eigenvalue weighted by Gasteiger charge is 2.33. The number of amides is 1. The predicted octanol–water partition coefficient (Wildman–Crippen LogP) is 6.09. The predicted molar refractivity (Wildman–Crippen MR) is 137 cm³/mol. The second-order valence-corrected chi connectivity index (χ2v) is 8.72. The van der Waals surface area contributed by atoms with Gasteiger partial charge < -0.3 is 20.1 Å². The molecule has 0 aliphatic heterocycles. The number of carbonyl (C=O) groups excluding carboxylic acids is 1. The van der Waals surface area contributed by atoms with Crippen LogP contribution in [0.4, 0.5) is 13.2 Å². The molecule has 0 unspecified atom stereocenters. The van der Waals surface area contributed by atoms with Crippen LogP contribution in [0.15, 0.2) is 84.9 Å². The van der Waals surface area contributed by atoms with E-state index >= 15 is 0 Å². The maximum Gasteiger partial charge on any atom is 0.416 e. The van der Waals surface area contributed by atoms with Crippen LogP contribution in [0.2, 0.25) is 0 Å². The number of carboxylic acid groups (broad SMARTS) is 1. The van der Waals surface area contributed by atoms with Crippen molar-refractivity contribution in [2.75, 3.05) is 6.61 Å². The molecule has 0 saturated heterocycles. The summed E-state index contributed by atoms with van der Waals surface area (Å²) in [4.78, 5) is 23.8. The highest BCUT2D eigenvalue weighted by molar-refractivity contribution is 6.20. The number of hydrogen-bond acceptors (Lipinski definition) is 3. The Hall–Kier alpha value is -4.79. The smallest absolute Gasteiger partial charge is 0.416 e. The van der Waals surface area contributed by atoms with E-state index in [1.165, 1.54) is 24.3 Å². The number of alkyl halides is 3. The minimum Gasteiger partial charge on any atom is -0.481 e. The normalized spacial score (nSPS) is 11.7. The second kappa shape index (κ2) is 9.59. The topological polar surface area (TPSA) is 94.6 Å². The van der Waals surface area contributed by atoms with Crippen molar-refractivity contribution in [1.29, 1.82) is 0 Å². The van der Waals surface area contributed by atoms with Crippen molar-refractivity contribution < 1.29 is 32.6 Å². The number of halogens is 3. The molecule has 3 N–H and O–H groups in total. The number of carboxylic acids is 1. The van der Waals surface area contributed by atoms with Crippen molar-refractivity contribution in [3.05, 3.63) is 102 Å². The summed E-state index contributed by atoms with van der Waals surface area (Å²) in [5, 5.41) is 10.0. The molecular weight excluding hydrogens is 497 g/mol. The molecule has 6 nitrogen and oxygen atoms in total. The minimum atomic E-state index is -4.57. The summed E-state index contributed by atoms with van der Waals surface area (Å²) in [6.45, 7) is -0.829. The number of nitrogens with two attached hydrogens (primary N) is 1. The zero-order valence-electron chi connectivity index (χ0n) is 19.8. The number of aliphatic carboxylic acids is 1. The van der Waals surface area contributed by atoms with E-state index in [1.54, 1.807) is 28.8 Å². The van der Waals surface area contributed by atoms with Gasteiger partial charge >= 0.3 is 12.1 Å². The monoisotopic (exact) mass is 518 g/mol. The molecule has 4 aromatic carbocycles. The van der Waals surface area contributed by atoms with E-state index in [0.29, 0.717) is 27.4 Å². The number of rotatable bonds is 7. The highest BCUT2D eigenvalue weighted by Crippen LogP contribution is 2.42. The SMILES string of the molecule is NC(=O)c1cccc2c1c1c(OCC(=O)O)cc(-c3ccccc3)cc1n2Cc1ccccc1C(F)(F)F. The third kappa shape index (κ3) is 4.54. The van der Waals surface area contributed by atoms with Gasteiger partial charge in [0.2, 0.25) is 5.91 Å². The zero-order valence-corrected chi connectivity index (χ0v) is 19.8. The maximum absolute atomic E-state index is 13.9. The van der Waals surface area contributed by atoms with Crippen LogP contribution in [0.3, 0.4) is 0 Å². The average molecular weight is 518 g/mol. The second-order valence-electron chi connectivity index (χ2n) is 8.72. The van der Waals surface area contributed by atoms with E-state index in [-0.39, 0.29) is 23.4 Å². The Morgan fingerprint density at radius 3 is 2.24 bits per heavy atom. The number of benzene rings is 4. The van der Waals surface area contributed by atoms with E-state index in [2.05, 4.69) is 0 Å². The largest absolute Gasteiger partial charge is 0.481 e. The van der Waals surface area contributed by atoms with Gasteiger partial charge in [-0.05, 0) is 47.0 Å². The summed E-state index contributed by atoms with van der Waals surface area (Å²) < 4.78 is 48.9. The Labute approximate surface area is 214 Å². The van der Waals surface area contributed by atoms with Crippen LogP contribution >= 0.6 is 0 Å². The Kier molecular flexibility index (Phi) is 6.28. The van der Waals surface area contributed by atoms with E-state index in [4.69, 9.17) is 10.5 Å². The Morgan fingerprint density at radius 2 is 1.55 bits per heavy atom. The molecule has 9 heteroatoms. The van der Waals surface area contributed by atoms with Crippen LogP contribution < -0.4 is 10.5 Å². The molecule has 0 aliphatic rings. The van der Waals surface area contributed by atoms with E-state index in [0.717, 1.165) is 11.6 Å². The van der Waals surface area contributed by atoms with Crippen LogP contribution in [0.5, 0.6) is 5.75 Å². The summed E-state index contributed by atoms with van der Waals surface area (Å²) in [5.74, 6) is -1.77. The van der Waals surface area contributed by atoms with Crippen molar-refractivity contribution in [3.63, 3.8) is 0 Å². The molecule has 0 fully saturated rings. The average Bonchev–Trinajstić information content (AvgIpc) is 3.21. The van der Waals surface area contributed by atoms with Gasteiger partial charge in [-0.15, -0.1) is 0 Å². The number of fused-ring (bicyclic) bond motifs is 3. The van der Waals surface area contributed by atoms with Gasteiger partial charge in [0.05, 0.1) is 22.0 Å². The van der Waals surface area contributed by atoms with E-state index < -0.39 is 30.2 Å². The van der Waals surface area contributed by atoms with E-state index in [1.807, 2.05) is 30.3 Å². The molecule has 0 aliphatic carbocycles. The minimum absolute atomic E-state index is 0.0291. The quantitative estimate of drug-likeness (QED) is 0.273. The Bertz CT molecular complexity index is 1690. The summed E-state index contributed by atoms with van der Waals surface area (Å²) in [6, 6.07) is 22.7. The zero-order chi connectivity index (χ0) is 27.0. The van der Waals surface area contributed by atoms with Crippen LogP contribution in [-0.2, 0) is 17.5 Å². The van der Waals surface area contributed by atoms with Crippen LogP contribution in [0.1, 0.15) is 21.5 Å². The lowest BCUT2D eigenvalue weighted by Crippen LogP contribution is -2.12. The number of ether oxygens (including phenoxy) is 1. The fraction of sp³-hybridized carbons (Fsp3) is 0.103. The molecule has 1 heterocycles. The molecule has 192 valence electrons. The summed E-state index contributed by atoms with van der Waals surface area (Å²) in [7, 11) is 0. The summed E-state index contributed by atoms with van der Waals surface area (Å²) in [6.07, 6.45) is -4.57. The van der Waals surface area contributed by atoms with Crippen molar-refractivity contribution in [2.24, 2.45) is 5.73 Å². The summed E-state index contributed by atoms with van der Waals surface area (Å²) >= 11 is 0. The molecule has 0 saturated carbocycles. The standard InChI is InChI=1S/C29H21F3N2O4/c30-29(31,32)21-11-5-4-9-18(21)15-34-22-12-6-10-20(28(33)37)26(22)27-23(34)13-19(17-7-2-1-3-8-17)14-24(27)38-16-25(35)36/h1-14H,15-16H2,(H2,33,37)(H,35,36). The number of nitrogens with zero attached hydrogens (tertiary/aromatic N) is 1. The first-order valence-corrected chi connectivity index (χ1v) is 11.6. The molecule has 38 heavy (non-hydrogen) atoms. The molecule has 0 bridgehead atoms. The van der Waals surface area contributed by atoms with Crippen LogP contribution in [0.25, 0.3) is 32.9 Å². The fourth-order valence-electron chi connectivity index (χ4n) is 4.75. The number of hydrogen-bond donors (Lipinski definition) is 2. The van der Waals surface area contributed by atoms with Crippen molar-refractivity contribution in [3.8, 4) is 16.9 Å². The van der Waals surface area contributed by atoms with Crippen molar-refractivity contribution in [2.45, 2.75) is 12.7 Å². The van der Waals surface area contributed by atoms with Gasteiger partial charge in [0.25, 0.3) is 0 Å². The Balaban J connectivity index is 1.88. The lowest BCUT2D eigenvalue weighted by Gasteiger charge is -2.15. The van der Waals surface area contributed by atoms with Crippen LogP contribution in [0, 0.1) is 0 Å². The third-order valence-electron chi connectivity index (χ3n) is 6.33. The van der Waals surface area contributed by atoms with Gasteiger partial charge in [-0.3, -0.25) is 4.79 Å². The fourth-order valence-corrected chi connectivity index (χ4v) is 4.75. The highest BCUT2D eigenvalue weighted by atomic mass is 19.4. The first-order chi connectivity index (χ1) is 18.1. The molecule has 1 aromatic heterocycles. The first-order valence-electron chi connectivity index (χ1n) is 11.6. The lowest BCUT2D eigenvalue weighted by atomic mass is 10.0. The summed E-state index contributed by atoms with van der Waals surface area (Å²) in [5.41, 5.74) is 7.44. The van der Waals surface area contributed by atoms with Crippen molar-refractivity contribution in [1.82, 2.24) is 4.57 Å². The van der Waals surface area contributed by atoms with Crippen LogP contribution in [-0.4, -0.2) is 28.2 Å². The molecule has 0 atom stereocenters. The van der Waals surface area contributed by atoms with Gasteiger partial charge in [0.1, 0.15) is 5.75 Å². The number of primary amides is 1. The molecule has 0 spiro atoms.